The molecule has 2 bridgehead atoms. The molecule has 0 radical (unpaired) electrons. The van der Waals surface area contributed by atoms with Gasteiger partial charge in [0.15, 0.2) is 0 Å². The third-order valence-electron chi connectivity index (χ3n) is 9.65. The van der Waals surface area contributed by atoms with Crippen LogP contribution >= 0.6 is 0 Å². The van der Waals surface area contributed by atoms with Crippen LogP contribution in [0.5, 0.6) is 0 Å². The van der Waals surface area contributed by atoms with E-state index in [1.54, 1.807) is 4.90 Å². The van der Waals surface area contributed by atoms with Gasteiger partial charge in [0.05, 0.1) is 42.4 Å². The zero-order valence-electron chi connectivity index (χ0n) is 28.9. The summed E-state index contributed by atoms with van der Waals surface area (Å²) in [5.41, 5.74) is 6.30. The van der Waals surface area contributed by atoms with Crippen molar-refractivity contribution in [3.63, 3.8) is 0 Å². The molecule has 5 heterocycles. The van der Waals surface area contributed by atoms with Crippen molar-refractivity contribution in [1.29, 1.82) is 0 Å². The highest BCUT2D eigenvalue weighted by atomic mass is 16.6. The van der Waals surface area contributed by atoms with Crippen LogP contribution in [0.1, 0.15) is 89.2 Å². The predicted molar refractivity (Wildman–Crippen MR) is 188 cm³/mol. The number of nitrogens with one attached hydrogen (secondary N) is 2. The number of carbonyl (C=O) groups is 2. The van der Waals surface area contributed by atoms with E-state index in [0.29, 0.717) is 19.8 Å². The topological polar surface area (TPSA) is 116 Å². The summed E-state index contributed by atoms with van der Waals surface area (Å²) in [6.45, 7) is 10.00. The van der Waals surface area contributed by atoms with Crippen LogP contribution in [0.2, 0.25) is 0 Å². The lowest BCUT2D eigenvalue weighted by atomic mass is 10.0. The number of hydrogen-bond donors (Lipinski definition) is 2. The minimum absolute atomic E-state index is 0.0438. The number of hydrogen-bond acceptors (Lipinski definition) is 6. The number of aromatic amines is 2. The van der Waals surface area contributed by atoms with Crippen molar-refractivity contribution in [3.05, 3.63) is 84.2 Å². The molecule has 0 spiro atoms. The lowest BCUT2D eigenvalue weighted by Crippen LogP contribution is -2.36. The lowest BCUT2D eigenvalue weighted by molar-refractivity contribution is -0.136. The first kappa shape index (κ1) is 32.8. The molecule has 256 valence electrons. The molecule has 2 N–H and O–H groups in total. The summed E-state index contributed by atoms with van der Waals surface area (Å²) in [6.07, 6.45) is 10.0. The summed E-state index contributed by atoms with van der Waals surface area (Å²) in [7, 11) is 0. The van der Waals surface area contributed by atoms with Gasteiger partial charge in [0.25, 0.3) is 0 Å². The van der Waals surface area contributed by atoms with E-state index in [4.69, 9.17) is 19.4 Å². The molecule has 0 aliphatic carbocycles. The Bertz CT molecular complexity index is 1820. The molecular weight excluding hydrogens is 616 g/mol. The summed E-state index contributed by atoms with van der Waals surface area (Å²) >= 11 is 0. The monoisotopic (exact) mass is 662 g/mol. The number of imidazole rings is 2. The second-order valence-corrected chi connectivity index (χ2v) is 14.4. The molecule has 3 aliphatic rings. The van der Waals surface area contributed by atoms with E-state index in [2.05, 4.69) is 64.6 Å². The largest absolute Gasteiger partial charge is 0.444 e. The van der Waals surface area contributed by atoms with Gasteiger partial charge in [-0.05, 0) is 64.0 Å². The van der Waals surface area contributed by atoms with Crippen molar-refractivity contribution in [2.45, 2.75) is 84.1 Å². The summed E-state index contributed by atoms with van der Waals surface area (Å²) < 4.78 is 11.6. The number of nitrogens with zero attached hydrogens (tertiary/aromatic N) is 4. The quantitative estimate of drug-likeness (QED) is 0.214. The van der Waals surface area contributed by atoms with Crippen LogP contribution in [0, 0.1) is 5.92 Å². The molecule has 2 aromatic carbocycles. The van der Waals surface area contributed by atoms with Gasteiger partial charge in [-0.25, -0.2) is 14.8 Å². The number of allylic oxidation sites excluding steroid dienone is 1. The maximum absolute atomic E-state index is 13.3. The molecule has 2 aromatic heterocycles. The van der Waals surface area contributed by atoms with Crippen molar-refractivity contribution in [3.8, 4) is 33.6 Å². The highest BCUT2D eigenvalue weighted by Crippen LogP contribution is 2.36. The van der Waals surface area contributed by atoms with E-state index >= 15 is 0 Å². The second kappa shape index (κ2) is 13.7. The fourth-order valence-corrected chi connectivity index (χ4v) is 7.13. The average Bonchev–Trinajstić information content (AvgIpc) is 3.91. The number of ether oxygens (including phenoxy) is 2. The Kier molecular flexibility index (Phi) is 9.15. The smallest absolute Gasteiger partial charge is 0.410 e. The number of aromatic nitrogens is 4. The van der Waals surface area contributed by atoms with Gasteiger partial charge in [0.1, 0.15) is 17.2 Å². The fraction of sp³-hybridized carbons (Fsp3) is 0.436. The Morgan fingerprint density at radius 2 is 1.55 bits per heavy atom. The number of benzene rings is 2. The SMILES string of the molecule is CC1C/C=C/COCc2[nH]c(nc2-c2ccc(-c3ccc(-c4c[nH]c(C5CCCN5C(=O)OC(C)(C)C)n4)cc3)cc2)C2CCCN2C1=O. The maximum atomic E-state index is 13.3. The van der Waals surface area contributed by atoms with Gasteiger partial charge in [0, 0.05) is 36.3 Å². The van der Waals surface area contributed by atoms with Gasteiger partial charge in [-0.1, -0.05) is 67.6 Å². The molecule has 3 atom stereocenters. The normalized spacial score (nSPS) is 22.3. The average molecular weight is 663 g/mol. The van der Waals surface area contributed by atoms with Crippen LogP contribution in [-0.4, -0.2) is 67.0 Å². The molecule has 10 heteroatoms. The van der Waals surface area contributed by atoms with Crippen LogP contribution in [0.4, 0.5) is 4.79 Å². The van der Waals surface area contributed by atoms with Crippen LogP contribution in [0.3, 0.4) is 0 Å². The molecule has 10 nitrogen and oxygen atoms in total. The summed E-state index contributed by atoms with van der Waals surface area (Å²) in [4.78, 5) is 46.7. The lowest BCUT2D eigenvalue weighted by Gasteiger charge is -2.27. The van der Waals surface area contributed by atoms with Crippen molar-refractivity contribution >= 4 is 12.0 Å². The molecule has 3 unspecified atom stereocenters. The molecule has 3 aliphatic heterocycles. The zero-order valence-corrected chi connectivity index (χ0v) is 28.9. The molecular formula is C39H46N6O4. The summed E-state index contributed by atoms with van der Waals surface area (Å²) in [5.74, 6) is 1.74. The highest BCUT2D eigenvalue weighted by molar-refractivity contribution is 5.79. The van der Waals surface area contributed by atoms with Crippen molar-refractivity contribution in [1.82, 2.24) is 29.7 Å². The minimum Gasteiger partial charge on any atom is -0.444 e. The van der Waals surface area contributed by atoms with Gasteiger partial charge in [0.2, 0.25) is 5.91 Å². The van der Waals surface area contributed by atoms with E-state index in [1.807, 2.05) is 44.9 Å². The van der Waals surface area contributed by atoms with Crippen LogP contribution in [-0.2, 0) is 20.9 Å². The molecule has 2 saturated heterocycles. The third-order valence-corrected chi connectivity index (χ3v) is 9.65. The van der Waals surface area contributed by atoms with Gasteiger partial charge >= 0.3 is 6.09 Å². The van der Waals surface area contributed by atoms with Gasteiger partial charge in [-0.2, -0.15) is 0 Å². The van der Waals surface area contributed by atoms with Crippen LogP contribution in [0.15, 0.2) is 66.9 Å². The fourth-order valence-electron chi connectivity index (χ4n) is 7.13. The Balaban J connectivity index is 1.07. The first-order chi connectivity index (χ1) is 23.6. The Morgan fingerprint density at radius 3 is 2.29 bits per heavy atom. The highest BCUT2D eigenvalue weighted by Gasteiger charge is 2.36. The second-order valence-electron chi connectivity index (χ2n) is 14.4. The van der Waals surface area contributed by atoms with E-state index < -0.39 is 5.60 Å². The third kappa shape index (κ3) is 7.06. The zero-order chi connectivity index (χ0) is 34.1. The van der Waals surface area contributed by atoms with Crippen LogP contribution < -0.4 is 0 Å². The number of fused-ring (bicyclic) bond motifs is 4. The van der Waals surface area contributed by atoms with Gasteiger partial charge < -0.3 is 24.3 Å². The Morgan fingerprint density at radius 1 is 0.878 bits per heavy atom. The number of amides is 2. The predicted octanol–water partition coefficient (Wildman–Crippen LogP) is 7.98. The van der Waals surface area contributed by atoms with Gasteiger partial charge in [-0.3, -0.25) is 9.69 Å². The molecule has 2 amide bonds. The van der Waals surface area contributed by atoms with E-state index in [9.17, 15) is 9.59 Å². The van der Waals surface area contributed by atoms with E-state index in [-0.39, 0.29) is 30.0 Å². The molecule has 4 aromatic rings. The van der Waals surface area contributed by atoms with Crippen molar-refractivity contribution < 1.29 is 19.1 Å². The first-order valence-electron chi connectivity index (χ1n) is 17.5. The van der Waals surface area contributed by atoms with E-state index in [1.165, 1.54) is 0 Å². The number of rotatable bonds is 4. The molecule has 0 saturated carbocycles. The summed E-state index contributed by atoms with van der Waals surface area (Å²) in [6, 6.07) is 16.7. The van der Waals surface area contributed by atoms with Gasteiger partial charge in [-0.15, -0.1) is 0 Å². The molecule has 49 heavy (non-hydrogen) atoms. The number of H-pyrrole nitrogens is 2. The van der Waals surface area contributed by atoms with Crippen LogP contribution in [0.25, 0.3) is 33.6 Å². The molecule has 7 rings (SSSR count). The molecule has 2 fully saturated rings. The summed E-state index contributed by atoms with van der Waals surface area (Å²) in [5, 5.41) is 0. The van der Waals surface area contributed by atoms with Crippen molar-refractivity contribution in [2.75, 3.05) is 19.7 Å². The number of likely N-dealkylation sites (tertiary alicyclic amines) is 1. The van der Waals surface area contributed by atoms with Crippen molar-refractivity contribution in [2.24, 2.45) is 5.92 Å². The number of carbonyl (C=O) groups excluding carboxylic acids is 2. The van der Waals surface area contributed by atoms with E-state index in [0.717, 1.165) is 89.6 Å². The Hall–Kier alpha value is -4.70. The standard InChI is InChI=1S/C39H46N6O4/c1-25-9-5-6-22-48-24-31-34(43-36(42-31)33-11-7-20-44(33)37(25)46)29-18-14-27(15-19-29)26-12-16-28(17-13-26)30-23-40-35(41-30)32-10-8-21-45(32)38(47)49-39(2,3)4/h5-6,12-19,23,25,32-33H,7-11,20-22,24H2,1-4H3,(H,40,41)(H,42,43)/b6-5+. The minimum atomic E-state index is -0.539. The Labute approximate surface area is 287 Å². The maximum Gasteiger partial charge on any atom is 0.410 e. The first-order valence-corrected chi connectivity index (χ1v) is 17.5.